The van der Waals surface area contributed by atoms with Gasteiger partial charge < -0.3 is 10.6 Å². The molecule has 4 rings (SSSR count). The summed E-state index contributed by atoms with van der Waals surface area (Å²) in [7, 11) is -0.381. The molecule has 2 aliphatic rings. The van der Waals surface area contributed by atoms with Crippen LogP contribution in [0.2, 0.25) is 0 Å². The first kappa shape index (κ1) is 23.9. The third-order valence-corrected chi connectivity index (χ3v) is 9.87. The van der Waals surface area contributed by atoms with Gasteiger partial charge >= 0.3 is 0 Å². The van der Waals surface area contributed by atoms with Crippen molar-refractivity contribution in [1.82, 2.24) is 9.62 Å². The lowest BCUT2D eigenvalue weighted by molar-refractivity contribution is 0.0963. The fourth-order valence-corrected chi connectivity index (χ4v) is 7.48. The predicted octanol–water partition coefficient (Wildman–Crippen LogP) is 4.19. The molecule has 9 heteroatoms. The van der Waals surface area contributed by atoms with Crippen molar-refractivity contribution in [2.45, 2.75) is 68.7 Å². The smallest absolute Gasteiger partial charge is 0.256 e. The van der Waals surface area contributed by atoms with E-state index in [2.05, 4.69) is 10.6 Å². The summed E-state index contributed by atoms with van der Waals surface area (Å²) < 4.78 is 27.6. The van der Waals surface area contributed by atoms with Crippen molar-refractivity contribution in [1.29, 1.82) is 0 Å². The van der Waals surface area contributed by atoms with Crippen molar-refractivity contribution in [2.24, 2.45) is 0 Å². The van der Waals surface area contributed by atoms with E-state index in [1.165, 1.54) is 39.9 Å². The molecule has 0 spiro atoms. The highest BCUT2D eigenvalue weighted by molar-refractivity contribution is 7.89. The Balaban J connectivity index is 1.52. The van der Waals surface area contributed by atoms with Gasteiger partial charge in [-0.15, -0.1) is 11.3 Å². The normalized spacial score (nSPS) is 16.9. The minimum absolute atomic E-state index is 0.0275. The van der Waals surface area contributed by atoms with Crippen LogP contribution in [0.15, 0.2) is 29.2 Å². The van der Waals surface area contributed by atoms with Gasteiger partial charge in [0.15, 0.2) is 0 Å². The maximum Gasteiger partial charge on any atom is 0.256 e. The summed E-state index contributed by atoms with van der Waals surface area (Å²) in [6.07, 6.45) is 8.90. The maximum atomic E-state index is 13.1. The highest BCUT2D eigenvalue weighted by atomic mass is 32.2. The van der Waals surface area contributed by atoms with Crippen LogP contribution in [0.5, 0.6) is 0 Å². The van der Waals surface area contributed by atoms with Crippen molar-refractivity contribution in [3.05, 3.63) is 45.8 Å². The number of anilines is 1. The molecule has 0 saturated heterocycles. The second-order valence-electron chi connectivity index (χ2n) is 8.79. The van der Waals surface area contributed by atoms with Gasteiger partial charge in [0, 0.05) is 30.6 Å². The number of nitrogens with one attached hydrogen (secondary N) is 2. The van der Waals surface area contributed by atoms with Gasteiger partial charge in [0.25, 0.3) is 11.8 Å². The Hall–Kier alpha value is -2.23. The minimum atomic E-state index is -3.61. The first-order chi connectivity index (χ1) is 15.8. The van der Waals surface area contributed by atoms with Crippen LogP contribution < -0.4 is 10.6 Å². The summed E-state index contributed by atoms with van der Waals surface area (Å²) >= 11 is 1.46. The van der Waals surface area contributed by atoms with Crippen LogP contribution in [0.4, 0.5) is 5.00 Å². The summed E-state index contributed by atoms with van der Waals surface area (Å²) in [4.78, 5) is 26.8. The fraction of sp³-hybridized carbons (Fsp3) is 0.500. The van der Waals surface area contributed by atoms with Crippen LogP contribution in [0, 0.1) is 0 Å². The van der Waals surface area contributed by atoms with Crippen LogP contribution in [0.3, 0.4) is 0 Å². The Labute approximate surface area is 199 Å². The number of carbonyl (C=O) groups is 2. The molecule has 178 valence electrons. The van der Waals surface area contributed by atoms with Crippen LogP contribution in [0.25, 0.3) is 0 Å². The van der Waals surface area contributed by atoms with Gasteiger partial charge in [-0.25, -0.2) is 8.42 Å². The molecule has 2 aromatic rings. The van der Waals surface area contributed by atoms with Crippen molar-refractivity contribution in [2.75, 3.05) is 19.4 Å². The Morgan fingerprint density at radius 3 is 2.30 bits per heavy atom. The number of rotatable bonds is 6. The molecule has 33 heavy (non-hydrogen) atoms. The number of sulfonamides is 1. The summed E-state index contributed by atoms with van der Waals surface area (Å²) in [6.45, 7) is 0. The van der Waals surface area contributed by atoms with E-state index in [4.69, 9.17) is 0 Å². The lowest BCUT2D eigenvalue weighted by Gasteiger charge is -2.30. The third kappa shape index (κ3) is 4.85. The standard InChI is InChI=1S/C24H31N3O4S2/c1-25-23(29)21-19-10-6-7-11-20(19)32-24(21)26-22(28)16-12-14-18(15-13-16)33(30,31)27(2)17-8-4-3-5-9-17/h12-15,17H,3-11H2,1-2H3,(H,25,29)(H,26,28). The number of hydrogen-bond donors (Lipinski definition) is 2. The SMILES string of the molecule is CNC(=O)c1c(NC(=O)c2ccc(S(=O)(=O)N(C)C3CCCCC3)cc2)sc2c1CCCC2. The lowest BCUT2D eigenvalue weighted by Crippen LogP contribution is -2.38. The van der Waals surface area contributed by atoms with Gasteiger partial charge in [0.2, 0.25) is 10.0 Å². The molecular weight excluding hydrogens is 458 g/mol. The van der Waals surface area contributed by atoms with E-state index >= 15 is 0 Å². The molecule has 1 aromatic heterocycles. The zero-order valence-corrected chi connectivity index (χ0v) is 20.8. The molecule has 1 heterocycles. The quantitative estimate of drug-likeness (QED) is 0.636. The lowest BCUT2D eigenvalue weighted by atomic mass is 9.95. The molecule has 1 aromatic carbocycles. The third-order valence-electron chi connectivity index (χ3n) is 6.73. The van der Waals surface area contributed by atoms with E-state index < -0.39 is 10.0 Å². The van der Waals surface area contributed by atoms with Crippen LogP contribution >= 0.6 is 11.3 Å². The Bertz CT molecular complexity index is 1130. The molecule has 2 amide bonds. The molecule has 0 unspecified atom stereocenters. The molecular formula is C24H31N3O4S2. The van der Waals surface area contributed by atoms with Gasteiger partial charge in [-0.05, 0) is 68.4 Å². The van der Waals surface area contributed by atoms with E-state index in [1.54, 1.807) is 14.1 Å². The zero-order valence-electron chi connectivity index (χ0n) is 19.1. The number of fused-ring (bicyclic) bond motifs is 1. The monoisotopic (exact) mass is 489 g/mol. The van der Waals surface area contributed by atoms with Crippen LogP contribution in [-0.4, -0.2) is 44.7 Å². The number of benzene rings is 1. The second-order valence-corrected chi connectivity index (χ2v) is 11.9. The number of hydrogen-bond acceptors (Lipinski definition) is 5. The summed E-state index contributed by atoms with van der Waals surface area (Å²) in [5.74, 6) is -0.555. The van der Waals surface area contributed by atoms with E-state index in [1.807, 2.05) is 0 Å². The number of nitrogens with zero attached hydrogens (tertiary/aromatic N) is 1. The largest absolute Gasteiger partial charge is 0.355 e. The second kappa shape index (κ2) is 9.95. The Morgan fingerprint density at radius 2 is 1.64 bits per heavy atom. The van der Waals surface area contributed by atoms with Crippen molar-refractivity contribution in [3.63, 3.8) is 0 Å². The van der Waals surface area contributed by atoms with Crippen molar-refractivity contribution < 1.29 is 18.0 Å². The summed E-state index contributed by atoms with van der Waals surface area (Å²) in [6, 6.07) is 6.07. The van der Waals surface area contributed by atoms with Gasteiger partial charge in [-0.3, -0.25) is 9.59 Å². The molecule has 0 bridgehead atoms. The van der Waals surface area contributed by atoms with Gasteiger partial charge in [0.1, 0.15) is 5.00 Å². The van der Waals surface area contributed by atoms with E-state index in [-0.39, 0.29) is 22.8 Å². The first-order valence-electron chi connectivity index (χ1n) is 11.6. The average Bonchev–Trinajstić information content (AvgIpc) is 3.21. The van der Waals surface area contributed by atoms with E-state index in [9.17, 15) is 18.0 Å². The molecule has 0 atom stereocenters. The number of aryl methyl sites for hydroxylation is 1. The van der Waals surface area contributed by atoms with Crippen LogP contribution in [-0.2, 0) is 22.9 Å². The van der Waals surface area contributed by atoms with Crippen molar-refractivity contribution >= 4 is 38.2 Å². The van der Waals surface area contributed by atoms with E-state index in [0.717, 1.165) is 68.2 Å². The highest BCUT2D eigenvalue weighted by Crippen LogP contribution is 2.38. The number of amides is 2. The first-order valence-corrected chi connectivity index (χ1v) is 13.8. The average molecular weight is 490 g/mol. The Morgan fingerprint density at radius 1 is 0.970 bits per heavy atom. The van der Waals surface area contributed by atoms with Crippen molar-refractivity contribution in [3.8, 4) is 0 Å². The van der Waals surface area contributed by atoms with Gasteiger partial charge in [-0.2, -0.15) is 4.31 Å². The zero-order chi connectivity index (χ0) is 23.6. The molecule has 2 aliphatic carbocycles. The predicted molar refractivity (Wildman–Crippen MR) is 131 cm³/mol. The maximum absolute atomic E-state index is 13.1. The van der Waals surface area contributed by atoms with Gasteiger partial charge in [0.05, 0.1) is 10.5 Å². The summed E-state index contributed by atoms with van der Waals surface area (Å²) in [5, 5.41) is 6.12. The molecule has 1 fully saturated rings. The molecule has 1 saturated carbocycles. The summed E-state index contributed by atoms with van der Waals surface area (Å²) in [5.41, 5.74) is 1.94. The fourth-order valence-electron chi connectivity index (χ4n) is 4.78. The molecule has 2 N–H and O–H groups in total. The molecule has 0 radical (unpaired) electrons. The highest BCUT2D eigenvalue weighted by Gasteiger charge is 2.29. The van der Waals surface area contributed by atoms with Gasteiger partial charge in [-0.1, -0.05) is 19.3 Å². The van der Waals surface area contributed by atoms with Crippen LogP contribution in [0.1, 0.15) is 76.1 Å². The molecule has 0 aliphatic heterocycles. The topological polar surface area (TPSA) is 95.6 Å². The minimum Gasteiger partial charge on any atom is -0.355 e. The van der Waals surface area contributed by atoms with E-state index in [0.29, 0.717) is 16.1 Å². The molecule has 7 nitrogen and oxygen atoms in total. The number of carbonyl (C=O) groups excluding carboxylic acids is 2. The number of thiophene rings is 1. The Kier molecular flexibility index (Phi) is 7.21.